The molecule has 202 valence electrons. The van der Waals surface area contributed by atoms with Crippen molar-refractivity contribution < 1.29 is 23.5 Å². The van der Waals surface area contributed by atoms with Gasteiger partial charge in [-0.05, 0) is 64.1 Å². The Hall–Kier alpha value is -4.78. The zero-order valence-electron chi connectivity index (χ0n) is 22.5. The average molecular weight is 537 g/mol. The third-order valence-electron chi connectivity index (χ3n) is 7.15. The molecule has 1 aliphatic heterocycles. The van der Waals surface area contributed by atoms with Crippen molar-refractivity contribution in [1.29, 1.82) is 0 Å². The number of amides is 2. The number of nitrogens with zero attached hydrogens (tertiary/aromatic N) is 1. The van der Waals surface area contributed by atoms with Crippen LogP contribution in [0.4, 0.5) is 10.1 Å². The number of nitrogens with one attached hydrogen (secondary N) is 1. The minimum atomic E-state index is -0.696. The average Bonchev–Trinajstić information content (AvgIpc) is 3.28. The van der Waals surface area contributed by atoms with E-state index in [1.165, 1.54) is 24.1 Å². The quantitative estimate of drug-likeness (QED) is 0.271. The number of rotatable bonds is 7. The van der Waals surface area contributed by atoms with E-state index in [-0.39, 0.29) is 17.4 Å². The smallest absolute Gasteiger partial charge is 0.328 e. The van der Waals surface area contributed by atoms with E-state index < -0.39 is 23.7 Å². The Morgan fingerprint density at radius 2 is 1.48 bits per heavy atom. The number of esters is 1. The first kappa shape index (κ1) is 26.8. The normalized spacial score (nSPS) is 13.2. The summed E-state index contributed by atoms with van der Waals surface area (Å²) in [7, 11) is 1.31. The van der Waals surface area contributed by atoms with Crippen molar-refractivity contribution in [2.75, 3.05) is 12.4 Å². The Morgan fingerprint density at radius 1 is 0.850 bits per heavy atom. The molecule has 1 N–H and O–H groups in total. The predicted octanol–water partition coefficient (Wildman–Crippen LogP) is 6.57. The molecular formula is C33H29FN2O4. The van der Waals surface area contributed by atoms with E-state index in [9.17, 15) is 14.4 Å². The second-order valence-corrected chi connectivity index (χ2v) is 10.1. The molecule has 0 saturated carbocycles. The first-order valence-electron chi connectivity index (χ1n) is 13.1. The second kappa shape index (κ2) is 11.1. The molecule has 4 aromatic carbocycles. The molecule has 0 unspecified atom stereocenters. The maximum atomic E-state index is 15.1. The van der Waals surface area contributed by atoms with Gasteiger partial charge in [-0.25, -0.2) is 9.18 Å². The van der Waals surface area contributed by atoms with E-state index in [1.54, 1.807) is 30.3 Å². The summed E-state index contributed by atoms with van der Waals surface area (Å²) >= 11 is 0. The molecule has 2 amide bonds. The van der Waals surface area contributed by atoms with Gasteiger partial charge >= 0.3 is 5.97 Å². The largest absolute Gasteiger partial charge is 0.467 e. The number of carbonyl (C=O) groups is 3. The van der Waals surface area contributed by atoms with Crippen molar-refractivity contribution in [2.24, 2.45) is 5.92 Å². The van der Waals surface area contributed by atoms with Crippen LogP contribution in [-0.4, -0.2) is 35.8 Å². The molecule has 1 heterocycles. The molecule has 0 aromatic heterocycles. The van der Waals surface area contributed by atoms with Crippen molar-refractivity contribution in [2.45, 2.75) is 26.4 Å². The number of halogens is 1. The SMILES string of the molecule is COC(=O)[C@H](C(C)C)N1Cc2ccc(-c3ccc(C(=O)Nc4ccc(-c5ccccc5)cc4)c(F)c3)cc2C1=O. The van der Waals surface area contributed by atoms with Crippen LogP contribution in [0.5, 0.6) is 0 Å². The summed E-state index contributed by atoms with van der Waals surface area (Å²) in [6.07, 6.45) is 0. The molecule has 0 aliphatic carbocycles. The van der Waals surface area contributed by atoms with Gasteiger partial charge in [0.05, 0.1) is 12.7 Å². The third-order valence-corrected chi connectivity index (χ3v) is 7.15. The lowest BCUT2D eigenvalue weighted by atomic mass is 9.99. The van der Waals surface area contributed by atoms with Crippen LogP contribution < -0.4 is 5.32 Å². The van der Waals surface area contributed by atoms with Crippen LogP contribution >= 0.6 is 0 Å². The molecule has 5 rings (SSSR count). The fourth-order valence-electron chi connectivity index (χ4n) is 5.06. The van der Waals surface area contributed by atoms with Crippen LogP contribution in [-0.2, 0) is 16.1 Å². The number of fused-ring (bicyclic) bond motifs is 1. The van der Waals surface area contributed by atoms with Gasteiger partial charge < -0.3 is 15.0 Å². The lowest BCUT2D eigenvalue weighted by Gasteiger charge is -2.28. The lowest BCUT2D eigenvalue weighted by Crippen LogP contribution is -2.45. The zero-order chi connectivity index (χ0) is 28.4. The molecule has 0 radical (unpaired) electrons. The van der Waals surface area contributed by atoms with Crippen LogP contribution in [0, 0.1) is 11.7 Å². The van der Waals surface area contributed by atoms with Crippen LogP contribution in [0.25, 0.3) is 22.3 Å². The number of carbonyl (C=O) groups excluding carboxylic acids is 3. The van der Waals surface area contributed by atoms with Crippen molar-refractivity contribution in [3.8, 4) is 22.3 Å². The van der Waals surface area contributed by atoms with E-state index in [1.807, 2.05) is 62.4 Å². The van der Waals surface area contributed by atoms with Gasteiger partial charge in [0.25, 0.3) is 11.8 Å². The summed E-state index contributed by atoms with van der Waals surface area (Å²) in [5.74, 6) is -2.08. The molecule has 0 spiro atoms. The maximum Gasteiger partial charge on any atom is 0.328 e. The topological polar surface area (TPSA) is 75.7 Å². The van der Waals surface area contributed by atoms with Gasteiger partial charge in [0, 0.05) is 17.8 Å². The summed E-state index contributed by atoms with van der Waals surface area (Å²) < 4.78 is 20.0. The first-order valence-corrected chi connectivity index (χ1v) is 13.1. The van der Waals surface area contributed by atoms with Crippen molar-refractivity contribution in [3.05, 3.63) is 114 Å². The zero-order valence-corrected chi connectivity index (χ0v) is 22.5. The van der Waals surface area contributed by atoms with Crippen LogP contribution in [0.1, 0.15) is 40.1 Å². The van der Waals surface area contributed by atoms with Crippen LogP contribution in [0.3, 0.4) is 0 Å². The molecule has 1 atom stereocenters. The fourth-order valence-corrected chi connectivity index (χ4v) is 5.06. The van der Waals surface area contributed by atoms with Crippen LogP contribution in [0.2, 0.25) is 0 Å². The van der Waals surface area contributed by atoms with Gasteiger partial charge in [0.1, 0.15) is 11.9 Å². The molecule has 0 saturated heterocycles. The third kappa shape index (κ3) is 5.23. The van der Waals surface area contributed by atoms with E-state index in [4.69, 9.17) is 4.74 Å². The highest BCUT2D eigenvalue weighted by Gasteiger charge is 2.38. The highest BCUT2D eigenvalue weighted by atomic mass is 19.1. The Bertz CT molecular complexity index is 1580. The molecule has 40 heavy (non-hydrogen) atoms. The number of hydrogen-bond acceptors (Lipinski definition) is 4. The van der Waals surface area contributed by atoms with E-state index in [2.05, 4.69) is 5.32 Å². The van der Waals surface area contributed by atoms with Gasteiger partial charge in [-0.15, -0.1) is 0 Å². The van der Waals surface area contributed by atoms with Gasteiger partial charge in [-0.3, -0.25) is 9.59 Å². The Kier molecular flexibility index (Phi) is 7.47. The summed E-state index contributed by atoms with van der Waals surface area (Å²) in [4.78, 5) is 39.9. The highest BCUT2D eigenvalue weighted by Crippen LogP contribution is 2.32. The number of ether oxygens (including phenoxy) is 1. The van der Waals surface area contributed by atoms with Gasteiger partial charge in [0.2, 0.25) is 0 Å². The minimum Gasteiger partial charge on any atom is -0.467 e. The lowest BCUT2D eigenvalue weighted by molar-refractivity contribution is -0.147. The van der Waals surface area contributed by atoms with Crippen molar-refractivity contribution in [3.63, 3.8) is 0 Å². The van der Waals surface area contributed by atoms with E-state index in [0.717, 1.165) is 16.7 Å². The number of anilines is 1. The van der Waals surface area contributed by atoms with Gasteiger partial charge in [-0.2, -0.15) is 0 Å². The molecule has 7 heteroatoms. The van der Waals surface area contributed by atoms with E-state index >= 15 is 4.39 Å². The Balaban J connectivity index is 1.32. The molecule has 0 fully saturated rings. The minimum absolute atomic E-state index is 0.0860. The standard InChI is InChI=1S/C33H29FN2O4/c1-20(2)30(33(39)40-3)36-19-25-10-9-23(17-28(25)32(36)38)24-13-16-27(29(34)18-24)31(37)35-26-14-11-22(12-15-26)21-7-5-4-6-8-21/h4-18,20,30H,19H2,1-3H3,(H,35,37)/t30-/m0/s1. The Morgan fingerprint density at radius 3 is 2.12 bits per heavy atom. The first-order chi connectivity index (χ1) is 19.3. The molecule has 4 aromatic rings. The fraction of sp³-hybridized carbons (Fsp3) is 0.182. The molecule has 0 bridgehead atoms. The van der Waals surface area contributed by atoms with Gasteiger partial charge in [-0.1, -0.05) is 74.5 Å². The summed E-state index contributed by atoms with van der Waals surface area (Å²) in [5, 5.41) is 2.75. The number of methoxy groups -OCH3 is 1. The van der Waals surface area contributed by atoms with E-state index in [0.29, 0.717) is 28.9 Å². The Labute approximate surface area is 232 Å². The summed E-state index contributed by atoms with van der Waals surface area (Å²) in [6, 6.07) is 26.2. The van der Waals surface area contributed by atoms with Crippen molar-refractivity contribution in [1.82, 2.24) is 4.90 Å². The highest BCUT2D eigenvalue weighted by molar-refractivity contribution is 6.05. The molecule has 6 nitrogen and oxygen atoms in total. The monoisotopic (exact) mass is 536 g/mol. The summed E-state index contributed by atoms with van der Waals surface area (Å²) in [6.45, 7) is 4.03. The van der Waals surface area contributed by atoms with Gasteiger partial charge in [0.15, 0.2) is 0 Å². The summed E-state index contributed by atoms with van der Waals surface area (Å²) in [5.41, 5.74) is 4.96. The molecular weight excluding hydrogens is 507 g/mol. The van der Waals surface area contributed by atoms with Crippen molar-refractivity contribution >= 4 is 23.5 Å². The second-order valence-electron chi connectivity index (χ2n) is 10.1. The number of hydrogen-bond donors (Lipinski definition) is 1. The number of benzene rings is 4. The molecule has 1 aliphatic rings. The van der Waals surface area contributed by atoms with Crippen LogP contribution in [0.15, 0.2) is 91.0 Å². The maximum absolute atomic E-state index is 15.1. The predicted molar refractivity (Wildman–Crippen MR) is 152 cm³/mol.